The number of carbonyl (C=O) groups excluding carboxylic acids is 1. The van der Waals surface area contributed by atoms with Crippen LogP contribution in [0.1, 0.15) is 26.3 Å². The van der Waals surface area contributed by atoms with Crippen LogP contribution in [-0.4, -0.2) is 30.2 Å². The van der Waals surface area contributed by atoms with Gasteiger partial charge in [-0.2, -0.15) is 5.10 Å². The fourth-order valence-corrected chi connectivity index (χ4v) is 1.65. The molecular weight excluding hydrogens is 350 g/mol. The highest BCUT2D eigenvalue weighted by molar-refractivity contribution is 9.10. The Balaban J connectivity index is 2.41. The number of halogens is 1. The summed E-state index contributed by atoms with van der Waals surface area (Å²) in [6.45, 7) is 5.92. The molecular formula is C15H21BrN3O3+. The summed E-state index contributed by atoms with van der Waals surface area (Å²) in [6, 6.07) is 7.78. The van der Waals surface area contributed by atoms with Crippen LogP contribution in [-0.2, 0) is 16.1 Å². The van der Waals surface area contributed by atoms with E-state index in [2.05, 4.69) is 26.5 Å². The minimum Gasteiger partial charge on any atom is -0.443 e. The predicted molar refractivity (Wildman–Crippen MR) is 88.6 cm³/mol. The molecule has 0 aliphatic heterocycles. The van der Waals surface area contributed by atoms with E-state index in [-0.39, 0.29) is 6.61 Å². The number of rotatable bonds is 6. The third kappa shape index (κ3) is 7.90. The van der Waals surface area contributed by atoms with Crippen LogP contribution in [0.4, 0.5) is 4.79 Å². The first-order chi connectivity index (χ1) is 10.3. The molecule has 0 spiro atoms. The average Bonchev–Trinajstić information content (AvgIpc) is 2.42. The van der Waals surface area contributed by atoms with Gasteiger partial charge in [0.25, 0.3) is 0 Å². The minimum absolute atomic E-state index is 0.183. The molecule has 7 heteroatoms. The second kappa shape index (κ2) is 8.65. The lowest BCUT2D eigenvalue weighted by molar-refractivity contribution is -0.103. The molecule has 22 heavy (non-hydrogen) atoms. The van der Waals surface area contributed by atoms with Crippen LogP contribution >= 0.6 is 15.9 Å². The Kier molecular flexibility index (Phi) is 7.20. The third-order valence-electron chi connectivity index (χ3n) is 2.31. The first kappa shape index (κ1) is 18.3. The van der Waals surface area contributed by atoms with Crippen LogP contribution in [0.2, 0.25) is 0 Å². The Bertz CT molecular complexity index is 536. The maximum atomic E-state index is 11.5. The topological polar surface area (TPSA) is 85.5 Å². The van der Waals surface area contributed by atoms with Gasteiger partial charge < -0.3 is 9.47 Å². The quantitative estimate of drug-likeness (QED) is 0.589. The number of amides is 1. The van der Waals surface area contributed by atoms with Crippen molar-refractivity contribution in [2.45, 2.75) is 33.0 Å². The molecule has 1 rings (SSSR count). The molecule has 0 aliphatic rings. The summed E-state index contributed by atoms with van der Waals surface area (Å²) in [6.07, 6.45) is 0.638. The van der Waals surface area contributed by atoms with Crippen LogP contribution in [0.15, 0.2) is 33.8 Å². The van der Waals surface area contributed by atoms with E-state index in [1.54, 1.807) is 20.8 Å². The van der Waals surface area contributed by atoms with Crippen molar-refractivity contribution < 1.29 is 19.7 Å². The summed E-state index contributed by atoms with van der Waals surface area (Å²) in [5.74, 6) is 0. The minimum atomic E-state index is -0.639. The maximum Gasteiger partial charge on any atom is 0.428 e. The molecule has 0 heterocycles. The summed E-state index contributed by atoms with van der Waals surface area (Å²) >= 11 is 3.37. The number of ether oxygens (including phenoxy) is 2. The highest BCUT2D eigenvalue weighted by atomic mass is 79.9. The number of hydrogen-bond donors (Lipinski definition) is 2. The number of benzene rings is 1. The number of nitrogens with two attached hydrogens (primary N) is 1. The normalized spacial score (nSPS) is 11.9. The average molecular weight is 371 g/mol. The van der Waals surface area contributed by atoms with Crippen LogP contribution in [0.3, 0.4) is 0 Å². The molecule has 0 fully saturated rings. The SMILES string of the molecule is CC(C)(C)OC(=O)N/N=C(\C=[NH2+])COCc1ccc(Br)cc1. The number of nitrogens with zero attached hydrogens (tertiary/aromatic N) is 1. The van der Waals surface area contributed by atoms with Gasteiger partial charge in [0.1, 0.15) is 11.3 Å². The van der Waals surface area contributed by atoms with Gasteiger partial charge in [-0.3, -0.25) is 5.41 Å². The summed E-state index contributed by atoms with van der Waals surface area (Å²) < 4.78 is 11.6. The monoisotopic (exact) mass is 370 g/mol. The fourth-order valence-electron chi connectivity index (χ4n) is 1.39. The molecule has 120 valence electrons. The van der Waals surface area contributed by atoms with Gasteiger partial charge in [0, 0.05) is 4.47 Å². The van der Waals surface area contributed by atoms with Gasteiger partial charge in [-0.1, -0.05) is 28.1 Å². The van der Waals surface area contributed by atoms with Crippen molar-refractivity contribution in [1.82, 2.24) is 5.43 Å². The lowest BCUT2D eigenvalue weighted by atomic mass is 10.2. The van der Waals surface area contributed by atoms with Crippen molar-refractivity contribution in [2.24, 2.45) is 5.10 Å². The summed E-state index contributed by atoms with van der Waals surface area (Å²) in [4.78, 5) is 11.5. The Labute approximate surface area is 138 Å². The third-order valence-corrected chi connectivity index (χ3v) is 2.84. The molecule has 6 nitrogen and oxygen atoms in total. The van der Waals surface area contributed by atoms with Crippen molar-refractivity contribution in [3.63, 3.8) is 0 Å². The second-order valence-electron chi connectivity index (χ2n) is 5.50. The lowest BCUT2D eigenvalue weighted by Gasteiger charge is -2.18. The molecule has 0 aliphatic carbocycles. The number of hydrazone groups is 1. The van der Waals surface area contributed by atoms with E-state index < -0.39 is 11.7 Å². The zero-order chi connectivity index (χ0) is 16.6. The van der Waals surface area contributed by atoms with Gasteiger partial charge in [-0.25, -0.2) is 10.2 Å². The van der Waals surface area contributed by atoms with Gasteiger partial charge in [-0.15, -0.1) is 0 Å². The van der Waals surface area contributed by atoms with E-state index >= 15 is 0 Å². The van der Waals surface area contributed by atoms with Gasteiger partial charge in [0.05, 0.1) is 13.2 Å². The molecule has 0 saturated heterocycles. The zero-order valence-corrected chi connectivity index (χ0v) is 14.5. The number of nitrogens with one attached hydrogen (secondary N) is 1. The van der Waals surface area contributed by atoms with Crippen molar-refractivity contribution in [2.75, 3.05) is 6.61 Å². The first-order valence-electron chi connectivity index (χ1n) is 6.73. The van der Waals surface area contributed by atoms with E-state index in [9.17, 15) is 4.79 Å². The molecule has 0 bridgehead atoms. The molecule has 0 atom stereocenters. The number of carbonyl (C=O) groups is 1. The fraction of sp³-hybridized carbons (Fsp3) is 0.400. The van der Waals surface area contributed by atoms with Gasteiger partial charge in [0.15, 0.2) is 6.21 Å². The molecule has 0 unspecified atom stereocenters. The highest BCUT2D eigenvalue weighted by Gasteiger charge is 2.15. The number of hydrogen-bond acceptors (Lipinski definition) is 4. The molecule has 0 radical (unpaired) electrons. The van der Waals surface area contributed by atoms with Crippen molar-refractivity contribution in [1.29, 1.82) is 0 Å². The molecule has 0 aromatic heterocycles. The molecule has 0 saturated carbocycles. The Morgan fingerprint density at radius 3 is 2.55 bits per heavy atom. The van der Waals surface area contributed by atoms with E-state index in [1.165, 1.54) is 6.21 Å². The second-order valence-corrected chi connectivity index (χ2v) is 6.42. The van der Waals surface area contributed by atoms with Crippen molar-refractivity contribution in [3.8, 4) is 0 Å². The van der Waals surface area contributed by atoms with E-state index in [1.807, 2.05) is 24.3 Å². The molecule has 1 aromatic carbocycles. The molecule has 1 amide bonds. The largest absolute Gasteiger partial charge is 0.443 e. The van der Waals surface area contributed by atoms with Crippen LogP contribution in [0.5, 0.6) is 0 Å². The van der Waals surface area contributed by atoms with Crippen LogP contribution in [0.25, 0.3) is 0 Å². The first-order valence-corrected chi connectivity index (χ1v) is 7.52. The predicted octanol–water partition coefficient (Wildman–Crippen LogP) is 1.68. The maximum absolute atomic E-state index is 11.5. The van der Waals surface area contributed by atoms with E-state index in [0.29, 0.717) is 12.3 Å². The van der Waals surface area contributed by atoms with Crippen LogP contribution < -0.4 is 10.8 Å². The summed E-state index contributed by atoms with van der Waals surface area (Å²) in [5.41, 5.74) is 3.13. The Hall–Kier alpha value is -1.73. The Morgan fingerprint density at radius 1 is 1.36 bits per heavy atom. The summed E-state index contributed by atoms with van der Waals surface area (Å²) in [5, 5.41) is 9.30. The Morgan fingerprint density at radius 2 is 2.00 bits per heavy atom. The molecule has 1 aromatic rings. The van der Waals surface area contributed by atoms with Crippen molar-refractivity contribution >= 4 is 33.9 Å². The van der Waals surface area contributed by atoms with Gasteiger partial charge in [0.2, 0.25) is 0 Å². The standard InChI is InChI=1S/C15H20BrN3O3/c1-15(2,3)22-14(20)19-18-13(8-17)10-21-9-11-4-6-12(16)7-5-11/h4-8,17H,9-10H2,1-3H3,(H,19,20)/p+1/b17-8?,18-13+. The smallest absolute Gasteiger partial charge is 0.428 e. The van der Waals surface area contributed by atoms with E-state index in [4.69, 9.17) is 14.9 Å². The lowest BCUT2D eigenvalue weighted by Crippen LogP contribution is -2.37. The van der Waals surface area contributed by atoms with Crippen LogP contribution in [0, 0.1) is 0 Å². The molecule has 3 N–H and O–H groups in total. The summed E-state index contributed by atoms with van der Waals surface area (Å²) in [7, 11) is 0. The van der Waals surface area contributed by atoms with E-state index in [0.717, 1.165) is 10.0 Å². The van der Waals surface area contributed by atoms with Crippen molar-refractivity contribution in [3.05, 3.63) is 34.3 Å². The highest BCUT2D eigenvalue weighted by Crippen LogP contribution is 2.11. The zero-order valence-electron chi connectivity index (χ0n) is 12.9. The van der Waals surface area contributed by atoms with Gasteiger partial charge >= 0.3 is 6.09 Å². The van der Waals surface area contributed by atoms with Gasteiger partial charge in [-0.05, 0) is 38.5 Å².